The van der Waals surface area contributed by atoms with Crippen molar-refractivity contribution in [2.75, 3.05) is 13.1 Å². The Kier molecular flexibility index (Phi) is 5.10. The van der Waals surface area contributed by atoms with Gasteiger partial charge in [-0.3, -0.25) is 4.79 Å². The smallest absolute Gasteiger partial charge is 0.155 e. The Morgan fingerprint density at radius 2 is 2.22 bits per heavy atom. The third kappa shape index (κ3) is 3.44. The summed E-state index contributed by atoms with van der Waals surface area (Å²) in [6, 6.07) is 7.20. The normalized spacial score (nSPS) is 15.2. The molecule has 98 valence electrons. The fourth-order valence-corrected chi connectivity index (χ4v) is 2.24. The van der Waals surface area contributed by atoms with E-state index in [1.165, 1.54) is 0 Å². The summed E-state index contributed by atoms with van der Waals surface area (Å²) in [6.07, 6.45) is 1.54. The van der Waals surface area contributed by atoms with Crippen molar-refractivity contribution in [3.63, 3.8) is 0 Å². The lowest BCUT2D eigenvalue weighted by Crippen LogP contribution is -2.28. The van der Waals surface area contributed by atoms with Crippen LogP contribution in [0.1, 0.15) is 26.3 Å². The standard InChI is InChI=1S/C14H17NO2.CH4/c1-10(16)14-5-6-15-9-12(14)7-11-3-2-4-13(17)8-11;/h2-4,8,15,17H,5-7,9H2,1H3;1H4. The molecule has 0 bridgehead atoms. The number of rotatable bonds is 3. The maximum atomic E-state index is 11.5. The van der Waals surface area contributed by atoms with Crippen LogP contribution in [0.3, 0.4) is 0 Å². The van der Waals surface area contributed by atoms with E-state index in [2.05, 4.69) is 5.32 Å². The van der Waals surface area contributed by atoms with Gasteiger partial charge < -0.3 is 10.4 Å². The van der Waals surface area contributed by atoms with Gasteiger partial charge in [-0.15, -0.1) is 0 Å². The molecule has 1 aliphatic heterocycles. The maximum Gasteiger partial charge on any atom is 0.155 e. The van der Waals surface area contributed by atoms with Crippen LogP contribution in [0, 0.1) is 0 Å². The number of Topliss-reactive ketones (excluding diaryl/α,β-unsaturated/α-hetero) is 1. The first kappa shape index (κ1) is 14.5. The lowest BCUT2D eigenvalue weighted by molar-refractivity contribution is -0.113. The molecule has 2 N–H and O–H groups in total. The van der Waals surface area contributed by atoms with E-state index in [0.29, 0.717) is 0 Å². The summed E-state index contributed by atoms with van der Waals surface area (Å²) in [5.74, 6) is 0.442. The highest BCUT2D eigenvalue weighted by Crippen LogP contribution is 2.20. The molecule has 0 spiro atoms. The second-order valence-electron chi connectivity index (χ2n) is 4.41. The molecule has 0 unspecified atom stereocenters. The molecule has 1 aliphatic rings. The minimum Gasteiger partial charge on any atom is -0.508 e. The molecule has 3 heteroatoms. The quantitative estimate of drug-likeness (QED) is 0.862. The van der Waals surface area contributed by atoms with E-state index in [-0.39, 0.29) is 19.0 Å². The number of aromatic hydroxyl groups is 1. The van der Waals surface area contributed by atoms with Gasteiger partial charge in [0.2, 0.25) is 0 Å². The summed E-state index contributed by atoms with van der Waals surface area (Å²) in [7, 11) is 0. The number of ketones is 1. The van der Waals surface area contributed by atoms with Gasteiger partial charge in [0, 0.05) is 6.54 Å². The first-order chi connectivity index (χ1) is 8.16. The van der Waals surface area contributed by atoms with Crippen LogP contribution in [0.15, 0.2) is 35.4 Å². The minimum atomic E-state index is 0. The zero-order valence-electron chi connectivity index (χ0n) is 9.99. The highest BCUT2D eigenvalue weighted by molar-refractivity contribution is 5.94. The van der Waals surface area contributed by atoms with Crippen LogP contribution in [0.2, 0.25) is 0 Å². The Labute approximate surface area is 109 Å². The molecular weight excluding hydrogens is 226 g/mol. The van der Waals surface area contributed by atoms with Gasteiger partial charge in [0.15, 0.2) is 5.78 Å². The van der Waals surface area contributed by atoms with Crippen LogP contribution in [0.25, 0.3) is 0 Å². The molecule has 2 rings (SSSR count). The number of nitrogens with one attached hydrogen (secondary N) is 1. The van der Waals surface area contributed by atoms with Crippen molar-refractivity contribution in [2.45, 2.75) is 27.2 Å². The number of carbonyl (C=O) groups is 1. The first-order valence-corrected chi connectivity index (χ1v) is 5.87. The average Bonchev–Trinajstić information content (AvgIpc) is 2.29. The van der Waals surface area contributed by atoms with Gasteiger partial charge in [-0.05, 0) is 55.2 Å². The van der Waals surface area contributed by atoms with Crippen LogP contribution < -0.4 is 5.32 Å². The third-order valence-corrected chi connectivity index (χ3v) is 3.07. The van der Waals surface area contributed by atoms with E-state index in [0.717, 1.165) is 42.6 Å². The molecule has 0 fully saturated rings. The van der Waals surface area contributed by atoms with Gasteiger partial charge in [-0.25, -0.2) is 0 Å². The third-order valence-electron chi connectivity index (χ3n) is 3.07. The molecular formula is C15H21NO2. The highest BCUT2D eigenvalue weighted by atomic mass is 16.3. The summed E-state index contributed by atoms with van der Waals surface area (Å²) in [4.78, 5) is 11.5. The Balaban J connectivity index is 0.00000162. The van der Waals surface area contributed by atoms with Crippen molar-refractivity contribution in [3.8, 4) is 5.75 Å². The lowest BCUT2D eigenvalue weighted by Gasteiger charge is -2.20. The Morgan fingerprint density at radius 1 is 1.44 bits per heavy atom. The molecule has 3 nitrogen and oxygen atoms in total. The maximum absolute atomic E-state index is 11.5. The van der Waals surface area contributed by atoms with Gasteiger partial charge in [-0.1, -0.05) is 19.6 Å². The van der Waals surface area contributed by atoms with E-state index in [9.17, 15) is 9.90 Å². The molecule has 18 heavy (non-hydrogen) atoms. The molecule has 0 aromatic heterocycles. The zero-order chi connectivity index (χ0) is 12.3. The zero-order valence-corrected chi connectivity index (χ0v) is 9.99. The number of phenols is 1. The predicted molar refractivity (Wildman–Crippen MR) is 73.7 cm³/mol. The summed E-state index contributed by atoms with van der Waals surface area (Å²) in [5.41, 5.74) is 3.14. The molecule has 0 aliphatic carbocycles. The molecule has 1 aromatic carbocycles. The highest BCUT2D eigenvalue weighted by Gasteiger charge is 2.15. The predicted octanol–water partition coefficient (Wildman–Crippen LogP) is 2.45. The Hall–Kier alpha value is -1.61. The number of carbonyl (C=O) groups excluding carboxylic acids is 1. The summed E-state index contributed by atoms with van der Waals surface area (Å²) in [5, 5.41) is 12.7. The second-order valence-corrected chi connectivity index (χ2v) is 4.41. The fourth-order valence-electron chi connectivity index (χ4n) is 2.24. The number of hydrogen-bond acceptors (Lipinski definition) is 3. The molecule has 0 atom stereocenters. The summed E-state index contributed by atoms with van der Waals surface area (Å²) >= 11 is 0. The fraction of sp³-hybridized carbons (Fsp3) is 0.400. The van der Waals surface area contributed by atoms with Gasteiger partial charge in [-0.2, -0.15) is 0 Å². The molecule has 0 saturated carbocycles. The van der Waals surface area contributed by atoms with E-state index >= 15 is 0 Å². The van der Waals surface area contributed by atoms with Gasteiger partial charge >= 0.3 is 0 Å². The van der Waals surface area contributed by atoms with Gasteiger partial charge in [0.25, 0.3) is 0 Å². The van der Waals surface area contributed by atoms with E-state index < -0.39 is 0 Å². The van der Waals surface area contributed by atoms with Crippen LogP contribution in [0.4, 0.5) is 0 Å². The number of phenolic OH excluding ortho intramolecular Hbond substituents is 1. The van der Waals surface area contributed by atoms with Crippen molar-refractivity contribution >= 4 is 5.78 Å². The van der Waals surface area contributed by atoms with Crippen molar-refractivity contribution in [3.05, 3.63) is 41.0 Å². The van der Waals surface area contributed by atoms with Crippen LogP contribution in [-0.4, -0.2) is 24.0 Å². The van der Waals surface area contributed by atoms with Crippen molar-refractivity contribution in [1.29, 1.82) is 0 Å². The lowest BCUT2D eigenvalue weighted by atomic mass is 9.93. The molecule has 0 radical (unpaired) electrons. The Morgan fingerprint density at radius 3 is 2.89 bits per heavy atom. The van der Waals surface area contributed by atoms with Crippen LogP contribution in [0.5, 0.6) is 5.75 Å². The van der Waals surface area contributed by atoms with E-state index in [1.54, 1.807) is 19.1 Å². The monoisotopic (exact) mass is 247 g/mol. The minimum absolute atomic E-state index is 0. The SMILES string of the molecule is C.CC(=O)C1=C(Cc2cccc(O)c2)CNCC1. The topological polar surface area (TPSA) is 49.3 Å². The van der Waals surface area contributed by atoms with Crippen molar-refractivity contribution in [2.24, 2.45) is 0 Å². The van der Waals surface area contributed by atoms with E-state index in [1.807, 2.05) is 12.1 Å². The van der Waals surface area contributed by atoms with E-state index in [4.69, 9.17) is 0 Å². The number of benzene rings is 1. The molecule has 1 aromatic rings. The van der Waals surface area contributed by atoms with Gasteiger partial charge in [0.05, 0.1) is 0 Å². The Bertz CT molecular complexity index is 463. The second kappa shape index (κ2) is 6.36. The molecule has 0 saturated heterocycles. The number of hydrogen-bond donors (Lipinski definition) is 2. The van der Waals surface area contributed by atoms with Gasteiger partial charge in [0.1, 0.15) is 5.75 Å². The van der Waals surface area contributed by atoms with Crippen molar-refractivity contribution < 1.29 is 9.90 Å². The average molecular weight is 247 g/mol. The van der Waals surface area contributed by atoms with Crippen molar-refractivity contribution in [1.82, 2.24) is 5.32 Å². The first-order valence-electron chi connectivity index (χ1n) is 5.87. The molecule has 0 amide bonds. The summed E-state index contributed by atoms with van der Waals surface area (Å²) < 4.78 is 0. The van der Waals surface area contributed by atoms with Crippen LogP contribution >= 0.6 is 0 Å². The summed E-state index contributed by atoms with van der Waals surface area (Å²) in [6.45, 7) is 3.27. The molecule has 1 heterocycles. The largest absolute Gasteiger partial charge is 0.508 e. The van der Waals surface area contributed by atoms with Crippen LogP contribution in [-0.2, 0) is 11.2 Å².